The Labute approximate surface area is 95.0 Å². The largest absolute Gasteiger partial charge is 0.469 e. The summed E-state index contributed by atoms with van der Waals surface area (Å²) in [6.45, 7) is 0. The van der Waals surface area contributed by atoms with Crippen LogP contribution in [-0.2, 0) is 9.53 Å². The molecule has 86 valence electrons. The van der Waals surface area contributed by atoms with E-state index in [1.807, 2.05) is 30.3 Å². The highest BCUT2D eigenvalue weighted by atomic mass is 16.5. The minimum absolute atomic E-state index is 0.117. The average molecular weight is 220 g/mol. The normalized spacial score (nSPS) is 29.0. The van der Waals surface area contributed by atoms with Crippen LogP contribution in [0.1, 0.15) is 24.3 Å². The third-order valence-corrected chi connectivity index (χ3v) is 3.31. The monoisotopic (exact) mass is 220 g/mol. The Kier molecular flexibility index (Phi) is 3.25. The van der Waals surface area contributed by atoms with Crippen molar-refractivity contribution >= 4 is 5.97 Å². The highest BCUT2D eigenvalue weighted by molar-refractivity contribution is 5.74. The van der Waals surface area contributed by atoms with Gasteiger partial charge >= 0.3 is 5.97 Å². The average Bonchev–Trinajstić information content (AvgIpc) is 2.71. The lowest BCUT2D eigenvalue weighted by atomic mass is 9.88. The van der Waals surface area contributed by atoms with Gasteiger partial charge in [-0.15, -0.1) is 0 Å². The van der Waals surface area contributed by atoms with Crippen molar-refractivity contribution in [3.8, 4) is 0 Å². The maximum atomic E-state index is 11.6. The lowest BCUT2D eigenvalue weighted by molar-refractivity contribution is -0.146. The van der Waals surface area contributed by atoms with Gasteiger partial charge in [0.05, 0.1) is 19.1 Å². The quantitative estimate of drug-likeness (QED) is 0.772. The second-order valence-electron chi connectivity index (χ2n) is 4.21. The van der Waals surface area contributed by atoms with Gasteiger partial charge in [0.2, 0.25) is 0 Å². The van der Waals surface area contributed by atoms with Crippen LogP contribution in [-0.4, -0.2) is 24.3 Å². The summed E-state index contributed by atoms with van der Waals surface area (Å²) in [5, 5.41) is 9.95. The number of aliphatic hydroxyl groups is 1. The molecule has 0 amide bonds. The Morgan fingerprint density at radius 1 is 1.31 bits per heavy atom. The molecular weight excluding hydrogens is 204 g/mol. The first kappa shape index (κ1) is 11.1. The Hall–Kier alpha value is -1.35. The first-order chi connectivity index (χ1) is 7.74. The summed E-state index contributed by atoms with van der Waals surface area (Å²) < 4.78 is 4.78. The molecule has 3 atom stereocenters. The third-order valence-electron chi connectivity index (χ3n) is 3.31. The smallest absolute Gasteiger partial charge is 0.309 e. The van der Waals surface area contributed by atoms with Gasteiger partial charge in [-0.3, -0.25) is 4.79 Å². The molecular formula is C13H16O3. The van der Waals surface area contributed by atoms with E-state index < -0.39 is 6.10 Å². The van der Waals surface area contributed by atoms with Crippen molar-refractivity contribution in [3.63, 3.8) is 0 Å². The number of carbonyl (C=O) groups is 1. The number of aliphatic hydroxyl groups excluding tert-OH is 1. The molecule has 3 nitrogen and oxygen atoms in total. The number of esters is 1. The summed E-state index contributed by atoms with van der Waals surface area (Å²) >= 11 is 0. The summed E-state index contributed by atoms with van der Waals surface area (Å²) in [4.78, 5) is 11.6. The number of carbonyl (C=O) groups excluding carboxylic acids is 1. The van der Waals surface area contributed by atoms with Crippen molar-refractivity contribution in [2.45, 2.75) is 24.9 Å². The first-order valence-electron chi connectivity index (χ1n) is 5.55. The van der Waals surface area contributed by atoms with Crippen LogP contribution < -0.4 is 0 Å². The van der Waals surface area contributed by atoms with Crippen LogP contribution >= 0.6 is 0 Å². The van der Waals surface area contributed by atoms with Gasteiger partial charge in [0.25, 0.3) is 0 Å². The van der Waals surface area contributed by atoms with E-state index in [-0.39, 0.29) is 17.8 Å². The van der Waals surface area contributed by atoms with Crippen molar-refractivity contribution in [1.82, 2.24) is 0 Å². The molecule has 1 saturated carbocycles. The SMILES string of the molecule is COC(=O)[C@@H]1CC[C@@H](O)[C@H]1c1ccccc1. The Balaban J connectivity index is 2.26. The molecule has 0 unspecified atom stereocenters. The number of ether oxygens (including phenoxy) is 1. The summed E-state index contributed by atoms with van der Waals surface area (Å²) in [5.74, 6) is -0.540. The van der Waals surface area contributed by atoms with Gasteiger partial charge in [0.1, 0.15) is 0 Å². The van der Waals surface area contributed by atoms with Crippen LogP contribution in [0, 0.1) is 5.92 Å². The molecule has 0 aliphatic heterocycles. The van der Waals surface area contributed by atoms with Gasteiger partial charge in [0.15, 0.2) is 0 Å². The minimum atomic E-state index is -0.438. The maximum absolute atomic E-state index is 11.6. The number of benzene rings is 1. The van der Waals surface area contributed by atoms with E-state index in [2.05, 4.69) is 0 Å². The summed E-state index contributed by atoms with van der Waals surface area (Å²) in [7, 11) is 1.40. The summed E-state index contributed by atoms with van der Waals surface area (Å²) in [6, 6.07) is 9.69. The van der Waals surface area contributed by atoms with Crippen molar-refractivity contribution in [3.05, 3.63) is 35.9 Å². The van der Waals surface area contributed by atoms with Crippen LogP contribution in [0.3, 0.4) is 0 Å². The van der Waals surface area contributed by atoms with Crippen LogP contribution in [0.2, 0.25) is 0 Å². The van der Waals surface area contributed by atoms with E-state index in [9.17, 15) is 9.90 Å². The zero-order chi connectivity index (χ0) is 11.5. The fourth-order valence-corrected chi connectivity index (χ4v) is 2.52. The Bertz CT molecular complexity index is 361. The lowest BCUT2D eigenvalue weighted by Gasteiger charge is -2.20. The van der Waals surface area contributed by atoms with Gasteiger partial charge in [-0.1, -0.05) is 30.3 Å². The summed E-state index contributed by atoms with van der Waals surface area (Å²) in [6.07, 6.45) is 0.929. The van der Waals surface area contributed by atoms with E-state index in [0.717, 1.165) is 5.56 Å². The van der Waals surface area contributed by atoms with Crippen LogP contribution in [0.15, 0.2) is 30.3 Å². The molecule has 1 aliphatic carbocycles. The van der Waals surface area contributed by atoms with E-state index in [1.54, 1.807) is 0 Å². The molecule has 0 aromatic heterocycles. The van der Waals surface area contributed by atoms with Crippen molar-refractivity contribution < 1.29 is 14.6 Å². The maximum Gasteiger partial charge on any atom is 0.309 e. The molecule has 0 spiro atoms. The fourth-order valence-electron chi connectivity index (χ4n) is 2.52. The van der Waals surface area contributed by atoms with Gasteiger partial charge in [0, 0.05) is 5.92 Å². The van der Waals surface area contributed by atoms with E-state index in [4.69, 9.17) is 4.74 Å². The molecule has 16 heavy (non-hydrogen) atoms. The molecule has 1 N–H and O–H groups in total. The highest BCUT2D eigenvalue weighted by Gasteiger charge is 2.40. The zero-order valence-electron chi connectivity index (χ0n) is 9.30. The topological polar surface area (TPSA) is 46.5 Å². The molecule has 2 rings (SSSR count). The van der Waals surface area contributed by atoms with Gasteiger partial charge in [-0.05, 0) is 18.4 Å². The first-order valence-corrected chi connectivity index (χ1v) is 5.55. The third kappa shape index (κ3) is 1.95. The highest BCUT2D eigenvalue weighted by Crippen LogP contribution is 2.40. The fraction of sp³-hybridized carbons (Fsp3) is 0.462. The number of hydrogen-bond donors (Lipinski definition) is 1. The molecule has 0 bridgehead atoms. The van der Waals surface area contributed by atoms with Crippen LogP contribution in [0.5, 0.6) is 0 Å². The van der Waals surface area contributed by atoms with E-state index in [0.29, 0.717) is 12.8 Å². The number of hydrogen-bond acceptors (Lipinski definition) is 3. The Morgan fingerprint density at radius 3 is 2.62 bits per heavy atom. The van der Waals surface area contributed by atoms with Crippen LogP contribution in [0.25, 0.3) is 0 Å². The van der Waals surface area contributed by atoms with Gasteiger partial charge in [-0.2, -0.15) is 0 Å². The molecule has 1 aromatic rings. The molecule has 0 saturated heterocycles. The molecule has 3 heteroatoms. The van der Waals surface area contributed by atoms with Crippen LogP contribution in [0.4, 0.5) is 0 Å². The number of methoxy groups -OCH3 is 1. The number of rotatable bonds is 2. The molecule has 0 heterocycles. The molecule has 1 aromatic carbocycles. The summed E-state index contributed by atoms with van der Waals surface area (Å²) in [5.41, 5.74) is 1.02. The second kappa shape index (κ2) is 4.66. The molecule has 1 aliphatic rings. The second-order valence-corrected chi connectivity index (χ2v) is 4.21. The van der Waals surface area contributed by atoms with Crippen molar-refractivity contribution in [1.29, 1.82) is 0 Å². The van der Waals surface area contributed by atoms with E-state index >= 15 is 0 Å². The minimum Gasteiger partial charge on any atom is -0.469 e. The van der Waals surface area contributed by atoms with Crippen molar-refractivity contribution in [2.75, 3.05) is 7.11 Å². The van der Waals surface area contributed by atoms with Crippen molar-refractivity contribution in [2.24, 2.45) is 5.92 Å². The molecule has 0 radical (unpaired) electrons. The Morgan fingerprint density at radius 2 is 2.00 bits per heavy atom. The predicted octanol–water partition coefficient (Wildman–Crippen LogP) is 1.71. The standard InChI is InChI=1S/C13H16O3/c1-16-13(15)10-7-8-11(14)12(10)9-5-3-2-4-6-9/h2-6,10-12,14H,7-8H2,1H3/t10-,11-,12+/m1/s1. The zero-order valence-corrected chi connectivity index (χ0v) is 9.30. The van der Waals surface area contributed by atoms with Gasteiger partial charge < -0.3 is 9.84 Å². The predicted molar refractivity (Wildman–Crippen MR) is 59.9 cm³/mol. The van der Waals surface area contributed by atoms with E-state index in [1.165, 1.54) is 7.11 Å². The van der Waals surface area contributed by atoms with Gasteiger partial charge in [-0.25, -0.2) is 0 Å². The lowest BCUT2D eigenvalue weighted by Crippen LogP contribution is -2.24. The molecule has 1 fully saturated rings.